The van der Waals surface area contributed by atoms with Crippen molar-refractivity contribution < 1.29 is 24.1 Å². The van der Waals surface area contributed by atoms with Crippen molar-refractivity contribution in [2.75, 3.05) is 33.7 Å². The summed E-state index contributed by atoms with van der Waals surface area (Å²) >= 11 is -2.34. The van der Waals surface area contributed by atoms with E-state index in [1.807, 2.05) is 24.3 Å². The summed E-state index contributed by atoms with van der Waals surface area (Å²) in [5.74, 6) is 1.50. The van der Waals surface area contributed by atoms with Crippen LogP contribution in [0.4, 0.5) is 0 Å². The fourth-order valence-corrected chi connectivity index (χ4v) is 9.17. The van der Waals surface area contributed by atoms with Gasteiger partial charge in [-0.3, -0.25) is 0 Å². The molecule has 0 aromatic heterocycles. The molecule has 224 valence electrons. The summed E-state index contributed by atoms with van der Waals surface area (Å²) in [4.78, 5) is 7.17. The summed E-state index contributed by atoms with van der Waals surface area (Å²) < 4.78 is 24.0. The number of allylic oxidation sites excluding steroid dienone is 1. The van der Waals surface area contributed by atoms with Crippen molar-refractivity contribution in [2.45, 2.75) is 92.7 Å². The molecule has 0 radical (unpaired) electrons. The molecule has 7 heteroatoms. The van der Waals surface area contributed by atoms with Crippen molar-refractivity contribution in [3.63, 3.8) is 0 Å². The zero-order chi connectivity index (χ0) is 29.5. The fraction of sp³-hybridized carbons (Fsp3) is 0.688. The van der Waals surface area contributed by atoms with Gasteiger partial charge in [0.05, 0.1) is 0 Å². The Morgan fingerprint density at radius 2 is 1.72 bits per heavy atom. The Bertz CT molecular complexity index is 842. The van der Waals surface area contributed by atoms with E-state index in [2.05, 4.69) is 61.0 Å². The van der Waals surface area contributed by atoms with Crippen LogP contribution >= 0.6 is 0 Å². The Morgan fingerprint density at radius 1 is 1.05 bits per heavy atom. The van der Waals surface area contributed by atoms with E-state index in [-0.39, 0.29) is 12.0 Å². The van der Waals surface area contributed by atoms with Crippen LogP contribution in [-0.2, 0) is 20.8 Å². The zero-order valence-electron chi connectivity index (χ0n) is 26.5. The van der Waals surface area contributed by atoms with Crippen molar-refractivity contribution in [3.05, 3.63) is 51.6 Å². The average molecular weight is 670 g/mol. The summed E-state index contributed by atoms with van der Waals surface area (Å²) in [6, 6.07) is 9.15. The van der Waals surface area contributed by atoms with Crippen LogP contribution in [0.25, 0.3) is 0 Å². The summed E-state index contributed by atoms with van der Waals surface area (Å²) in [6.45, 7) is 18.8. The number of ether oxygens (including phenoxy) is 4. The van der Waals surface area contributed by atoms with Crippen LogP contribution in [0.1, 0.15) is 45.1 Å². The third-order valence-electron chi connectivity index (χ3n) is 7.08. The van der Waals surface area contributed by atoms with E-state index in [4.69, 9.17) is 18.9 Å². The SMILES string of the molecule is C=[C](C(COCc1ccc(OC)cc1)CC(O)C[C@H](C)CC/C=C(\C)COCOCC[Si](C)(C)C)[Sn]([CH3])([CH3])[CH3]. The third-order valence-corrected chi connectivity index (χ3v) is 15.4. The van der Waals surface area contributed by atoms with Crippen LogP contribution in [0.5, 0.6) is 5.75 Å². The number of methoxy groups -OCH3 is 1. The summed E-state index contributed by atoms with van der Waals surface area (Å²) in [5.41, 5.74) is 2.36. The van der Waals surface area contributed by atoms with Crippen LogP contribution in [-0.4, -0.2) is 71.4 Å². The van der Waals surface area contributed by atoms with Crippen LogP contribution in [0.15, 0.2) is 46.1 Å². The molecule has 1 aromatic carbocycles. The molecule has 0 aliphatic heterocycles. The molecule has 0 saturated carbocycles. The maximum absolute atomic E-state index is 11.0. The number of aliphatic hydroxyl groups excluding tert-OH is 1. The van der Waals surface area contributed by atoms with Crippen LogP contribution in [0.2, 0.25) is 40.5 Å². The Hall–Kier alpha value is -0.644. The molecule has 0 spiro atoms. The normalized spacial score (nSPS) is 15.2. The van der Waals surface area contributed by atoms with Crippen molar-refractivity contribution >= 4 is 26.5 Å². The van der Waals surface area contributed by atoms with Gasteiger partial charge in [0.15, 0.2) is 0 Å². The molecule has 1 rings (SSSR count). The molecular formula is C32H58O5SiSn. The van der Waals surface area contributed by atoms with Gasteiger partial charge in [-0.05, 0) is 6.04 Å². The zero-order valence-corrected chi connectivity index (χ0v) is 30.3. The topological polar surface area (TPSA) is 57.2 Å². The molecule has 0 bridgehead atoms. The average Bonchev–Trinajstić information content (AvgIpc) is 2.84. The molecule has 39 heavy (non-hydrogen) atoms. The van der Waals surface area contributed by atoms with Crippen molar-refractivity contribution in [1.82, 2.24) is 0 Å². The van der Waals surface area contributed by atoms with Crippen molar-refractivity contribution in [3.8, 4) is 5.75 Å². The maximum atomic E-state index is 11.0. The molecular weight excluding hydrogens is 611 g/mol. The predicted octanol–water partition coefficient (Wildman–Crippen LogP) is 8.09. The first-order valence-electron chi connectivity index (χ1n) is 14.6. The summed E-state index contributed by atoms with van der Waals surface area (Å²) in [7, 11) is 0.628. The molecule has 5 nitrogen and oxygen atoms in total. The molecule has 0 aliphatic rings. The number of benzene rings is 1. The quantitative estimate of drug-likeness (QED) is 0.0621. The first-order valence-corrected chi connectivity index (χ1v) is 28.3. The first-order chi connectivity index (χ1) is 18.2. The van der Waals surface area contributed by atoms with Gasteiger partial charge in [-0.15, -0.1) is 0 Å². The standard InChI is InChI=1S/C29H49O5Si.3CH3.Sn/c1-8-26(21-33-22-27-12-14-29(31-4)15-13-27)19-28(30)18-24(2)10-9-11-25(3)20-34-23-32-16-17-35(5,6)7;;;;/h11-15,24,26,28,30H,1,9-10,16-23H2,2-7H3;3*1H3;/b25-11+;;;;/t24-,26?,28?;;;;/m1..../s1. The minimum absolute atomic E-state index is 0.202. The van der Waals surface area contributed by atoms with E-state index in [1.165, 1.54) is 15.2 Å². The van der Waals surface area contributed by atoms with Crippen LogP contribution in [0.3, 0.4) is 0 Å². The molecule has 3 atom stereocenters. The van der Waals surface area contributed by atoms with E-state index in [1.54, 1.807) is 7.11 Å². The molecule has 0 heterocycles. The Labute approximate surface area is 245 Å². The minimum atomic E-state index is -2.34. The van der Waals surface area contributed by atoms with E-state index < -0.39 is 26.5 Å². The van der Waals surface area contributed by atoms with Gasteiger partial charge in [0.2, 0.25) is 0 Å². The van der Waals surface area contributed by atoms with Gasteiger partial charge < -0.3 is 4.74 Å². The third kappa shape index (κ3) is 17.7. The van der Waals surface area contributed by atoms with E-state index in [0.717, 1.165) is 43.6 Å². The number of aliphatic hydroxyl groups is 1. The van der Waals surface area contributed by atoms with Crippen molar-refractivity contribution in [2.24, 2.45) is 11.8 Å². The summed E-state index contributed by atoms with van der Waals surface area (Å²) in [5, 5.41) is 11.0. The Kier molecular flexibility index (Phi) is 17.5. The van der Waals surface area contributed by atoms with Gasteiger partial charge in [-0.2, -0.15) is 0 Å². The molecule has 0 amide bonds. The van der Waals surface area contributed by atoms with Gasteiger partial charge >= 0.3 is 194 Å². The second kappa shape index (κ2) is 18.7. The number of hydrogen-bond acceptors (Lipinski definition) is 5. The van der Waals surface area contributed by atoms with E-state index in [9.17, 15) is 5.11 Å². The predicted molar refractivity (Wildman–Crippen MR) is 171 cm³/mol. The van der Waals surface area contributed by atoms with Crippen LogP contribution in [0, 0.1) is 11.8 Å². The van der Waals surface area contributed by atoms with Gasteiger partial charge in [-0.25, -0.2) is 0 Å². The molecule has 1 aromatic rings. The summed E-state index contributed by atoms with van der Waals surface area (Å²) in [6.07, 6.45) is 5.49. The van der Waals surface area contributed by atoms with Gasteiger partial charge in [0.1, 0.15) is 6.79 Å². The Balaban J connectivity index is 2.43. The van der Waals surface area contributed by atoms with E-state index in [0.29, 0.717) is 32.5 Å². The monoisotopic (exact) mass is 670 g/mol. The van der Waals surface area contributed by atoms with Gasteiger partial charge in [0, 0.05) is 14.7 Å². The molecule has 2 unspecified atom stereocenters. The van der Waals surface area contributed by atoms with E-state index >= 15 is 0 Å². The van der Waals surface area contributed by atoms with Crippen molar-refractivity contribution in [1.29, 1.82) is 0 Å². The molecule has 0 saturated heterocycles. The first kappa shape index (κ1) is 36.4. The molecule has 1 N–H and O–H groups in total. The van der Waals surface area contributed by atoms with Gasteiger partial charge in [0.25, 0.3) is 0 Å². The number of hydrogen-bond donors (Lipinski definition) is 1. The fourth-order valence-electron chi connectivity index (χ4n) is 4.34. The Morgan fingerprint density at radius 3 is 2.31 bits per heavy atom. The second-order valence-electron chi connectivity index (χ2n) is 13.4. The number of rotatable bonds is 21. The molecule has 0 aliphatic carbocycles. The van der Waals surface area contributed by atoms with Gasteiger partial charge in [-0.1, -0.05) is 19.6 Å². The second-order valence-corrected chi connectivity index (χ2v) is 33.7. The van der Waals surface area contributed by atoms with Crippen LogP contribution < -0.4 is 4.74 Å². The molecule has 0 fully saturated rings.